The van der Waals surface area contributed by atoms with Crippen molar-refractivity contribution in [2.45, 2.75) is 18.3 Å². The number of hydrogen-bond acceptors (Lipinski definition) is 2. The number of nitrogens with zero attached hydrogens (tertiary/aromatic N) is 1. The van der Waals surface area contributed by atoms with E-state index >= 15 is 0 Å². The van der Waals surface area contributed by atoms with Gasteiger partial charge in [0.15, 0.2) is 0 Å². The average Bonchev–Trinajstić information content (AvgIpc) is 3.67. The van der Waals surface area contributed by atoms with Crippen molar-refractivity contribution in [3.05, 3.63) is 227 Å². The van der Waals surface area contributed by atoms with Gasteiger partial charge in [0.1, 0.15) is 0 Å². The Bertz CT molecular complexity index is 2460. The van der Waals surface area contributed by atoms with Crippen LogP contribution >= 0.6 is 0 Å². The van der Waals surface area contributed by atoms with Crippen LogP contribution in [0.4, 0.5) is 0 Å². The average molecular weight is 667 g/mol. The second-order valence-electron chi connectivity index (χ2n) is 13.6. The molecule has 0 amide bonds. The smallest absolute Gasteiger partial charge is 0.0854 e. The van der Waals surface area contributed by atoms with Crippen LogP contribution in [-0.2, 0) is 5.41 Å². The lowest BCUT2D eigenvalue weighted by molar-refractivity contribution is 0.708. The molecule has 2 nitrogen and oxygen atoms in total. The zero-order chi connectivity index (χ0) is 34.9. The standard InChI is InChI=1S/C50H38N2/c1-51-48(39-19-9-4-10-20-39)34-52-49-43-22-12-14-24-45(43)50(46(49)32-25-35-15-5-2-6-16-35)44-23-13-11-21-41(44)42-31-30-40(33-47(42)50)38-28-26-37(27-29-38)36-17-7-3-8-18-36/h2-12,14-22,24-34,52H,1,13,23H2/b32-25?,48-34+. The summed E-state index contributed by atoms with van der Waals surface area (Å²) in [6.07, 6.45) is 13.3. The van der Waals surface area contributed by atoms with Gasteiger partial charge < -0.3 is 5.32 Å². The lowest BCUT2D eigenvalue weighted by Crippen LogP contribution is -2.29. The summed E-state index contributed by atoms with van der Waals surface area (Å²) in [6, 6.07) is 56.5. The van der Waals surface area contributed by atoms with Gasteiger partial charge in [0.05, 0.1) is 16.8 Å². The molecule has 0 saturated heterocycles. The highest BCUT2D eigenvalue weighted by Gasteiger charge is 2.53. The minimum Gasteiger partial charge on any atom is -0.359 e. The zero-order valence-corrected chi connectivity index (χ0v) is 29.0. The van der Waals surface area contributed by atoms with E-state index < -0.39 is 5.41 Å². The molecule has 3 aliphatic carbocycles. The van der Waals surface area contributed by atoms with Crippen LogP contribution < -0.4 is 5.32 Å². The van der Waals surface area contributed by atoms with E-state index in [9.17, 15) is 0 Å². The summed E-state index contributed by atoms with van der Waals surface area (Å²) in [6.45, 7) is 3.93. The molecule has 6 aromatic carbocycles. The molecular formula is C50H38N2. The molecule has 1 N–H and O–H groups in total. The number of allylic oxidation sites excluding steroid dienone is 6. The molecule has 248 valence electrons. The summed E-state index contributed by atoms with van der Waals surface area (Å²) in [5.41, 5.74) is 17.7. The molecule has 0 aromatic heterocycles. The monoisotopic (exact) mass is 666 g/mol. The van der Waals surface area contributed by atoms with E-state index in [0.717, 1.165) is 35.4 Å². The Balaban J connectivity index is 1.26. The van der Waals surface area contributed by atoms with E-state index in [-0.39, 0.29) is 0 Å². The third kappa shape index (κ3) is 5.23. The molecule has 0 bridgehead atoms. The highest BCUT2D eigenvalue weighted by atomic mass is 14.9. The van der Waals surface area contributed by atoms with Crippen LogP contribution in [0.3, 0.4) is 0 Å². The van der Waals surface area contributed by atoms with Crippen LogP contribution in [0, 0.1) is 0 Å². The van der Waals surface area contributed by atoms with Crippen molar-refractivity contribution >= 4 is 29.8 Å². The predicted octanol–water partition coefficient (Wildman–Crippen LogP) is 12.2. The molecule has 52 heavy (non-hydrogen) atoms. The summed E-state index contributed by atoms with van der Waals surface area (Å²) >= 11 is 0. The van der Waals surface area contributed by atoms with E-state index in [1.807, 2.05) is 24.4 Å². The minimum absolute atomic E-state index is 0.470. The SMILES string of the molecule is C=N/C(=C/NC1=C(C=Cc2ccccc2)C2(C3=C(C=CCC3)c3ccc(-c4ccc(-c5ccccc5)cc4)cc32)c2ccccc21)c1ccccc1. The second kappa shape index (κ2) is 13.3. The van der Waals surface area contributed by atoms with Crippen molar-refractivity contribution in [1.29, 1.82) is 0 Å². The largest absolute Gasteiger partial charge is 0.359 e. The maximum atomic E-state index is 4.44. The van der Waals surface area contributed by atoms with Crippen molar-refractivity contribution in [2.24, 2.45) is 4.99 Å². The Kier molecular flexibility index (Phi) is 8.06. The van der Waals surface area contributed by atoms with E-state index in [2.05, 4.69) is 181 Å². The molecule has 1 unspecified atom stereocenters. The number of aliphatic imine (C=N–C) groups is 1. The minimum atomic E-state index is -0.470. The highest BCUT2D eigenvalue weighted by Crippen LogP contribution is 2.63. The molecule has 2 heteroatoms. The van der Waals surface area contributed by atoms with Crippen molar-refractivity contribution < 1.29 is 0 Å². The third-order valence-electron chi connectivity index (χ3n) is 10.8. The van der Waals surface area contributed by atoms with E-state index in [0.29, 0.717) is 0 Å². The fraction of sp³-hybridized carbons (Fsp3) is 0.0600. The second-order valence-corrected chi connectivity index (χ2v) is 13.6. The van der Waals surface area contributed by atoms with Gasteiger partial charge in [0.2, 0.25) is 0 Å². The first-order valence-corrected chi connectivity index (χ1v) is 18.0. The molecule has 6 aromatic rings. The molecule has 3 aliphatic rings. The van der Waals surface area contributed by atoms with E-state index in [1.54, 1.807) is 0 Å². The summed E-state index contributed by atoms with van der Waals surface area (Å²) in [5, 5.41) is 3.81. The first-order chi connectivity index (χ1) is 25.8. The fourth-order valence-electron chi connectivity index (χ4n) is 8.42. The van der Waals surface area contributed by atoms with Crippen LogP contribution in [-0.4, -0.2) is 6.72 Å². The van der Waals surface area contributed by atoms with E-state index in [1.165, 1.54) is 61.2 Å². The topological polar surface area (TPSA) is 24.4 Å². The fourth-order valence-corrected chi connectivity index (χ4v) is 8.42. The summed E-state index contributed by atoms with van der Waals surface area (Å²) < 4.78 is 0. The number of fused-ring (bicyclic) bond motifs is 6. The number of nitrogens with one attached hydrogen (secondary N) is 1. The van der Waals surface area contributed by atoms with Gasteiger partial charge in [0, 0.05) is 17.3 Å². The van der Waals surface area contributed by atoms with E-state index in [4.69, 9.17) is 0 Å². The van der Waals surface area contributed by atoms with Crippen LogP contribution in [0.2, 0.25) is 0 Å². The predicted molar refractivity (Wildman–Crippen MR) is 219 cm³/mol. The lowest BCUT2D eigenvalue weighted by Gasteiger charge is -2.34. The Morgan fingerprint density at radius 2 is 1.25 bits per heavy atom. The normalized spacial score (nSPS) is 17.4. The lowest BCUT2D eigenvalue weighted by atomic mass is 9.67. The Morgan fingerprint density at radius 1 is 0.615 bits per heavy atom. The quantitative estimate of drug-likeness (QED) is 0.161. The maximum absolute atomic E-state index is 4.44. The maximum Gasteiger partial charge on any atom is 0.0854 e. The number of benzene rings is 6. The van der Waals surface area contributed by atoms with Gasteiger partial charge in [-0.05, 0) is 86.9 Å². The van der Waals surface area contributed by atoms with Crippen molar-refractivity contribution in [3.63, 3.8) is 0 Å². The molecule has 0 heterocycles. The third-order valence-corrected chi connectivity index (χ3v) is 10.8. The van der Waals surface area contributed by atoms with Crippen molar-refractivity contribution in [2.75, 3.05) is 0 Å². The van der Waals surface area contributed by atoms with Gasteiger partial charge in [-0.25, -0.2) is 0 Å². The summed E-state index contributed by atoms with van der Waals surface area (Å²) in [4.78, 5) is 4.44. The van der Waals surface area contributed by atoms with Gasteiger partial charge in [-0.15, -0.1) is 0 Å². The van der Waals surface area contributed by atoms with Gasteiger partial charge in [-0.3, -0.25) is 4.99 Å². The number of hydrogen-bond donors (Lipinski definition) is 1. The molecule has 0 fully saturated rings. The molecule has 0 saturated carbocycles. The van der Waals surface area contributed by atoms with Crippen LogP contribution in [0.15, 0.2) is 198 Å². The first-order valence-electron chi connectivity index (χ1n) is 18.0. The molecule has 9 rings (SSSR count). The summed E-state index contributed by atoms with van der Waals surface area (Å²) in [5.74, 6) is 0. The molecule has 1 spiro atoms. The van der Waals surface area contributed by atoms with Crippen LogP contribution in [0.25, 0.3) is 45.3 Å². The first kappa shape index (κ1) is 31.5. The zero-order valence-electron chi connectivity index (χ0n) is 29.0. The van der Waals surface area contributed by atoms with Gasteiger partial charge in [-0.2, -0.15) is 0 Å². The highest BCUT2D eigenvalue weighted by molar-refractivity contribution is 5.98. The van der Waals surface area contributed by atoms with Gasteiger partial charge in [-0.1, -0.05) is 176 Å². The van der Waals surface area contributed by atoms with Crippen molar-refractivity contribution in [1.82, 2.24) is 5.32 Å². The Hall–Kier alpha value is -6.51. The number of rotatable bonds is 8. The summed E-state index contributed by atoms with van der Waals surface area (Å²) in [7, 11) is 0. The molecule has 0 aliphatic heterocycles. The molecule has 1 atom stereocenters. The Morgan fingerprint density at radius 3 is 2.00 bits per heavy atom. The van der Waals surface area contributed by atoms with Crippen molar-refractivity contribution in [3.8, 4) is 22.3 Å². The Labute approximate surface area is 306 Å². The van der Waals surface area contributed by atoms with Crippen LogP contribution in [0.5, 0.6) is 0 Å². The molecule has 0 radical (unpaired) electrons. The van der Waals surface area contributed by atoms with Gasteiger partial charge in [0.25, 0.3) is 0 Å². The van der Waals surface area contributed by atoms with Crippen LogP contribution in [0.1, 0.15) is 46.2 Å². The van der Waals surface area contributed by atoms with Gasteiger partial charge >= 0.3 is 0 Å². The molecular weight excluding hydrogens is 629 g/mol.